The van der Waals surface area contributed by atoms with Gasteiger partial charge in [0, 0.05) is 23.5 Å². The van der Waals surface area contributed by atoms with Gasteiger partial charge in [-0.25, -0.2) is 5.43 Å². The molecular weight excluding hydrogens is 284 g/mol. The van der Waals surface area contributed by atoms with Crippen LogP contribution < -0.4 is 15.7 Å². The minimum Gasteiger partial charge on any atom is -0.496 e. The molecule has 22 heavy (non-hydrogen) atoms. The lowest BCUT2D eigenvalue weighted by molar-refractivity contribution is -0.120. The van der Waals surface area contributed by atoms with Crippen LogP contribution in [0.3, 0.4) is 0 Å². The number of benzene rings is 1. The number of amides is 1. The van der Waals surface area contributed by atoms with E-state index in [-0.39, 0.29) is 17.9 Å². The van der Waals surface area contributed by atoms with Crippen molar-refractivity contribution in [3.05, 3.63) is 58.0 Å². The molecule has 2 rings (SSSR count). The summed E-state index contributed by atoms with van der Waals surface area (Å²) in [6, 6.07) is 8.87. The SMILES string of the molecule is COc1ccccc1/C=C/C=N/NC(=O)Cc1cc(=O)[nH][nH]1. The number of nitrogens with zero attached hydrogens (tertiary/aromatic N) is 1. The van der Waals surface area contributed by atoms with Gasteiger partial charge in [-0.3, -0.25) is 14.7 Å². The van der Waals surface area contributed by atoms with Crippen molar-refractivity contribution in [3.8, 4) is 5.75 Å². The number of methoxy groups -OCH3 is 1. The fourth-order valence-corrected chi connectivity index (χ4v) is 1.78. The highest BCUT2D eigenvalue weighted by Gasteiger charge is 2.03. The highest BCUT2D eigenvalue weighted by atomic mass is 16.5. The first-order valence-electron chi connectivity index (χ1n) is 6.57. The van der Waals surface area contributed by atoms with Crippen molar-refractivity contribution in [2.75, 3.05) is 7.11 Å². The molecule has 0 atom stereocenters. The van der Waals surface area contributed by atoms with Crippen LogP contribution in [0.4, 0.5) is 0 Å². The molecule has 0 unspecified atom stereocenters. The van der Waals surface area contributed by atoms with Crippen molar-refractivity contribution >= 4 is 18.2 Å². The second-order valence-corrected chi connectivity index (χ2v) is 4.37. The van der Waals surface area contributed by atoms with Crippen molar-refractivity contribution in [2.24, 2.45) is 5.10 Å². The van der Waals surface area contributed by atoms with Gasteiger partial charge < -0.3 is 9.84 Å². The van der Waals surface area contributed by atoms with Crippen molar-refractivity contribution in [1.29, 1.82) is 0 Å². The summed E-state index contributed by atoms with van der Waals surface area (Å²) in [6.07, 6.45) is 5.02. The van der Waals surface area contributed by atoms with Gasteiger partial charge in [0.15, 0.2) is 0 Å². The van der Waals surface area contributed by atoms with Crippen LogP contribution in [-0.2, 0) is 11.2 Å². The highest BCUT2D eigenvalue weighted by molar-refractivity contribution is 5.82. The molecule has 0 spiro atoms. The van der Waals surface area contributed by atoms with Gasteiger partial charge in [-0.15, -0.1) is 0 Å². The van der Waals surface area contributed by atoms with Crippen molar-refractivity contribution in [3.63, 3.8) is 0 Å². The number of aromatic amines is 2. The molecular formula is C15H16N4O3. The molecule has 7 heteroatoms. The minimum atomic E-state index is -0.322. The third kappa shape index (κ3) is 4.48. The van der Waals surface area contributed by atoms with Gasteiger partial charge in [-0.05, 0) is 18.2 Å². The molecule has 0 saturated carbocycles. The second kappa shape index (κ2) is 7.63. The summed E-state index contributed by atoms with van der Waals surface area (Å²) in [5, 5.41) is 8.74. The van der Waals surface area contributed by atoms with Crippen LogP contribution in [-0.4, -0.2) is 29.4 Å². The first-order chi connectivity index (χ1) is 10.7. The normalized spacial score (nSPS) is 11.1. The Morgan fingerprint density at radius 3 is 2.91 bits per heavy atom. The van der Waals surface area contributed by atoms with E-state index in [1.165, 1.54) is 12.3 Å². The summed E-state index contributed by atoms with van der Waals surface area (Å²) in [4.78, 5) is 22.4. The standard InChI is InChI=1S/C15H16N4O3/c1-22-13-7-3-2-5-11(13)6-4-8-16-18-14(20)9-12-10-15(21)19-17-12/h2-8,10H,9H2,1H3,(H,18,20)(H2,17,19,21)/b6-4+,16-8+. The van der Waals surface area contributed by atoms with Crippen LogP contribution in [0.5, 0.6) is 5.75 Å². The van der Waals surface area contributed by atoms with Gasteiger partial charge in [-0.2, -0.15) is 5.10 Å². The molecule has 0 aliphatic carbocycles. The smallest absolute Gasteiger partial charge is 0.264 e. The molecule has 0 radical (unpaired) electrons. The van der Waals surface area contributed by atoms with Crippen LogP contribution in [0.25, 0.3) is 6.08 Å². The summed E-state index contributed by atoms with van der Waals surface area (Å²) in [5.41, 5.74) is 3.51. The highest BCUT2D eigenvalue weighted by Crippen LogP contribution is 2.18. The van der Waals surface area contributed by atoms with Crippen LogP contribution in [0.1, 0.15) is 11.3 Å². The van der Waals surface area contributed by atoms with E-state index < -0.39 is 0 Å². The Morgan fingerprint density at radius 2 is 2.18 bits per heavy atom. The van der Waals surface area contributed by atoms with Crippen LogP contribution in [0.2, 0.25) is 0 Å². The van der Waals surface area contributed by atoms with Gasteiger partial charge in [-0.1, -0.05) is 18.2 Å². The predicted octanol–water partition coefficient (Wildman–Crippen LogP) is 1.07. The zero-order valence-corrected chi connectivity index (χ0v) is 12.0. The predicted molar refractivity (Wildman–Crippen MR) is 83.8 cm³/mol. The van der Waals surface area contributed by atoms with Crippen LogP contribution in [0, 0.1) is 0 Å². The monoisotopic (exact) mass is 300 g/mol. The topological polar surface area (TPSA) is 99.3 Å². The molecule has 1 aromatic carbocycles. The number of aromatic nitrogens is 2. The quantitative estimate of drug-likeness (QED) is 0.549. The maximum absolute atomic E-state index is 11.6. The van der Waals surface area contributed by atoms with E-state index in [4.69, 9.17) is 4.74 Å². The Morgan fingerprint density at radius 1 is 1.36 bits per heavy atom. The molecule has 0 aliphatic heterocycles. The zero-order chi connectivity index (χ0) is 15.8. The van der Waals surface area contributed by atoms with E-state index in [0.29, 0.717) is 5.69 Å². The molecule has 1 heterocycles. The number of para-hydroxylation sites is 1. The van der Waals surface area contributed by atoms with Gasteiger partial charge >= 0.3 is 0 Å². The third-order valence-corrected chi connectivity index (χ3v) is 2.77. The molecule has 0 saturated heterocycles. The van der Waals surface area contributed by atoms with Crippen molar-refractivity contribution in [1.82, 2.24) is 15.6 Å². The average molecular weight is 300 g/mol. The Hall–Kier alpha value is -3.09. The van der Waals surface area contributed by atoms with Crippen LogP contribution >= 0.6 is 0 Å². The number of ether oxygens (including phenoxy) is 1. The number of H-pyrrole nitrogens is 2. The average Bonchev–Trinajstić information content (AvgIpc) is 2.92. The van der Waals surface area contributed by atoms with Gasteiger partial charge in [0.05, 0.1) is 13.5 Å². The van der Waals surface area contributed by atoms with E-state index in [1.807, 2.05) is 30.3 Å². The van der Waals surface area contributed by atoms with E-state index in [2.05, 4.69) is 20.7 Å². The van der Waals surface area contributed by atoms with Gasteiger partial charge in [0.25, 0.3) is 5.56 Å². The summed E-state index contributed by atoms with van der Waals surface area (Å²) in [5.74, 6) is 0.435. The number of hydrogen-bond acceptors (Lipinski definition) is 4. The fraction of sp³-hybridized carbons (Fsp3) is 0.133. The van der Waals surface area contributed by atoms with E-state index >= 15 is 0 Å². The number of allylic oxidation sites excluding steroid dienone is 1. The lowest BCUT2D eigenvalue weighted by Crippen LogP contribution is -2.19. The molecule has 2 aromatic rings. The molecule has 0 bridgehead atoms. The summed E-state index contributed by atoms with van der Waals surface area (Å²) in [6.45, 7) is 0. The number of nitrogens with one attached hydrogen (secondary N) is 3. The number of carbonyl (C=O) groups excluding carboxylic acids is 1. The number of hydrazone groups is 1. The number of carbonyl (C=O) groups is 1. The lowest BCUT2D eigenvalue weighted by atomic mass is 10.2. The minimum absolute atomic E-state index is 0.0479. The van der Waals surface area contributed by atoms with Gasteiger partial charge in [0.1, 0.15) is 5.75 Å². The summed E-state index contributed by atoms with van der Waals surface area (Å²) < 4.78 is 5.21. The van der Waals surface area contributed by atoms with E-state index in [1.54, 1.807) is 13.2 Å². The van der Waals surface area contributed by atoms with Gasteiger partial charge in [0.2, 0.25) is 5.91 Å². The molecule has 0 fully saturated rings. The Labute approximate surface area is 126 Å². The van der Waals surface area contributed by atoms with Crippen LogP contribution in [0.15, 0.2) is 46.3 Å². The van der Waals surface area contributed by atoms with E-state index in [0.717, 1.165) is 11.3 Å². The fourth-order valence-electron chi connectivity index (χ4n) is 1.78. The second-order valence-electron chi connectivity index (χ2n) is 4.37. The summed E-state index contributed by atoms with van der Waals surface area (Å²) >= 11 is 0. The summed E-state index contributed by atoms with van der Waals surface area (Å²) in [7, 11) is 1.60. The maximum Gasteiger partial charge on any atom is 0.264 e. The molecule has 1 aromatic heterocycles. The largest absolute Gasteiger partial charge is 0.496 e. The first-order valence-corrected chi connectivity index (χ1v) is 6.57. The Balaban J connectivity index is 1.83. The zero-order valence-electron chi connectivity index (χ0n) is 12.0. The molecule has 1 amide bonds. The maximum atomic E-state index is 11.6. The number of rotatable bonds is 6. The van der Waals surface area contributed by atoms with Crippen molar-refractivity contribution in [2.45, 2.75) is 6.42 Å². The molecule has 7 nitrogen and oxygen atoms in total. The Bertz CT molecular complexity index is 743. The molecule has 3 N–H and O–H groups in total. The Kier molecular flexibility index (Phi) is 5.31. The molecule has 114 valence electrons. The third-order valence-electron chi connectivity index (χ3n) is 2.77. The van der Waals surface area contributed by atoms with Crippen molar-refractivity contribution < 1.29 is 9.53 Å². The lowest BCUT2D eigenvalue weighted by Gasteiger charge is -2.02. The molecule has 0 aliphatic rings. The first kappa shape index (κ1) is 15.3. The van der Waals surface area contributed by atoms with E-state index in [9.17, 15) is 9.59 Å². The number of hydrogen-bond donors (Lipinski definition) is 3.